The summed E-state index contributed by atoms with van der Waals surface area (Å²) in [6.45, 7) is 4.24. The topological polar surface area (TPSA) is 41.9 Å². The van der Waals surface area contributed by atoms with Gasteiger partial charge in [-0.05, 0) is 6.42 Å². The molecule has 0 fully saturated rings. The summed E-state index contributed by atoms with van der Waals surface area (Å²) in [5.41, 5.74) is 0. The Kier molecular flexibility index (Phi) is 9.80. The zero-order chi connectivity index (χ0) is 9.94. The Morgan fingerprint density at radius 1 is 1.00 bits per heavy atom. The Balaban J connectivity index is 3.41. The highest BCUT2D eigenvalue weighted by atomic mass is 16.5. The number of aliphatic hydroxyl groups is 1. The van der Waals surface area contributed by atoms with E-state index in [1.54, 1.807) is 14.2 Å². The van der Waals surface area contributed by atoms with E-state index in [-0.39, 0.29) is 6.61 Å². The molecular formula is C9H21NO3. The number of hydrogen-bond donors (Lipinski definition) is 1. The molecule has 0 unspecified atom stereocenters. The van der Waals surface area contributed by atoms with Crippen molar-refractivity contribution in [3.8, 4) is 0 Å². The second-order valence-electron chi connectivity index (χ2n) is 2.90. The van der Waals surface area contributed by atoms with Gasteiger partial charge in [0.05, 0.1) is 13.2 Å². The highest BCUT2D eigenvalue weighted by molar-refractivity contribution is 4.56. The lowest BCUT2D eigenvalue weighted by atomic mass is 10.4. The van der Waals surface area contributed by atoms with Crippen LogP contribution in [0.4, 0.5) is 0 Å². The highest BCUT2D eigenvalue weighted by Crippen LogP contribution is 1.91. The van der Waals surface area contributed by atoms with Crippen LogP contribution in [0, 0.1) is 0 Å². The smallest absolute Gasteiger partial charge is 0.0589 e. The number of ether oxygens (including phenoxy) is 2. The summed E-state index contributed by atoms with van der Waals surface area (Å²) in [6.07, 6.45) is 1.00. The summed E-state index contributed by atoms with van der Waals surface area (Å²) < 4.78 is 9.92. The molecule has 4 heteroatoms. The molecule has 0 aromatic rings. The van der Waals surface area contributed by atoms with Crippen molar-refractivity contribution >= 4 is 0 Å². The van der Waals surface area contributed by atoms with Gasteiger partial charge in [0.2, 0.25) is 0 Å². The van der Waals surface area contributed by atoms with Crippen molar-refractivity contribution in [2.24, 2.45) is 0 Å². The second kappa shape index (κ2) is 9.92. The fraction of sp³-hybridized carbons (Fsp3) is 1.00. The van der Waals surface area contributed by atoms with Crippen LogP contribution in [0.25, 0.3) is 0 Å². The molecule has 0 aliphatic heterocycles. The van der Waals surface area contributed by atoms with E-state index in [9.17, 15) is 0 Å². The monoisotopic (exact) mass is 191 g/mol. The third-order valence-electron chi connectivity index (χ3n) is 1.85. The minimum atomic E-state index is 0.205. The quantitative estimate of drug-likeness (QED) is 0.519. The van der Waals surface area contributed by atoms with Crippen LogP contribution in [0.5, 0.6) is 0 Å². The third kappa shape index (κ3) is 8.18. The van der Waals surface area contributed by atoms with Crippen molar-refractivity contribution in [2.75, 3.05) is 53.7 Å². The average molecular weight is 191 g/mol. The van der Waals surface area contributed by atoms with E-state index < -0.39 is 0 Å². The molecule has 0 spiro atoms. The number of hydrogen-bond acceptors (Lipinski definition) is 4. The number of aliphatic hydroxyl groups excluding tert-OH is 1. The van der Waals surface area contributed by atoms with Gasteiger partial charge in [0.25, 0.3) is 0 Å². The maximum Gasteiger partial charge on any atom is 0.0589 e. The van der Waals surface area contributed by atoms with Crippen LogP contribution >= 0.6 is 0 Å². The van der Waals surface area contributed by atoms with Gasteiger partial charge in [-0.15, -0.1) is 0 Å². The highest BCUT2D eigenvalue weighted by Gasteiger charge is 2.02. The predicted octanol–water partition coefficient (Wildman–Crippen LogP) is -0.0364. The molecule has 0 aliphatic carbocycles. The molecule has 4 nitrogen and oxygen atoms in total. The fourth-order valence-corrected chi connectivity index (χ4v) is 1.13. The molecule has 80 valence electrons. The van der Waals surface area contributed by atoms with Crippen molar-refractivity contribution in [3.63, 3.8) is 0 Å². The summed E-state index contributed by atoms with van der Waals surface area (Å²) in [6, 6.07) is 0. The van der Waals surface area contributed by atoms with Crippen LogP contribution in [0.1, 0.15) is 6.42 Å². The lowest BCUT2D eigenvalue weighted by molar-refractivity contribution is 0.118. The van der Waals surface area contributed by atoms with Crippen LogP contribution in [0.2, 0.25) is 0 Å². The first-order valence-corrected chi connectivity index (χ1v) is 4.66. The third-order valence-corrected chi connectivity index (χ3v) is 1.85. The molecule has 0 aliphatic rings. The van der Waals surface area contributed by atoms with Gasteiger partial charge in [0.1, 0.15) is 0 Å². The van der Waals surface area contributed by atoms with E-state index in [0.29, 0.717) is 13.2 Å². The van der Waals surface area contributed by atoms with Crippen molar-refractivity contribution in [3.05, 3.63) is 0 Å². The van der Waals surface area contributed by atoms with E-state index in [2.05, 4.69) is 4.90 Å². The lowest BCUT2D eigenvalue weighted by Crippen LogP contribution is -2.31. The molecule has 1 N–H and O–H groups in total. The maximum absolute atomic E-state index is 8.78. The zero-order valence-corrected chi connectivity index (χ0v) is 8.66. The SMILES string of the molecule is COCCCN(CCO)CCOC. The van der Waals surface area contributed by atoms with Gasteiger partial charge in [0, 0.05) is 40.5 Å². The van der Waals surface area contributed by atoms with Crippen LogP contribution in [0.15, 0.2) is 0 Å². The van der Waals surface area contributed by atoms with Crippen molar-refractivity contribution in [1.29, 1.82) is 0 Å². The molecule has 0 rings (SSSR count). The van der Waals surface area contributed by atoms with Crippen LogP contribution < -0.4 is 0 Å². The number of nitrogens with zero attached hydrogens (tertiary/aromatic N) is 1. The van der Waals surface area contributed by atoms with Gasteiger partial charge in [-0.25, -0.2) is 0 Å². The molecule has 0 bridgehead atoms. The average Bonchev–Trinajstić information content (AvgIpc) is 2.14. The Morgan fingerprint density at radius 3 is 2.23 bits per heavy atom. The van der Waals surface area contributed by atoms with Crippen molar-refractivity contribution in [2.45, 2.75) is 6.42 Å². The van der Waals surface area contributed by atoms with Crippen molar-refractivity contribution in [1.82, 2.24) is 4.90 Å². The summed E-state index contributed by atoms with van der Waals surface area (Å²) in [4.78, 5) is 2.17. The van der Waals surface area contributed by atoms with Gasteiger partial charge < -0.3 is 14.6 Å². The first-order valence-electron chi connectivity index (χ1n) is 4.66. The molecule has 13 heavy (non-hydrogen) atoms. The van der Waals surface area contributed by atoms with E-state index in [0.717, 1.165) is 26.1 Å². The van der Waals surface area contributed by atoms with E-state index in [1.165, 1.54) is 0 Å². The Morgan fingerprint density at radius 2 is 1.69 bits per heavy atom. The normalized spacial score (nSPS) is 11.1. The van der Waals surface area contributed by atoms with Gasteiger partial charge in [0.15, 0.2) is 0 Å². The molecule has 0 atom stereocenters. The van der Waals surface area contributed by atoms with E-state index in [1.807, 2.05) is 0 Å². The molecule has 0 saturated carbocycles. The molecule has 0 radical (unpaired) electrons. The first-order chi connectivity index (χ1) is 6.35. The van der Waals surface area contributed by atoms with E-state index >= 15 is 0 Å². The van der Waals surface area contributed by atoms with Crippen LogP contribution in [-0.4, -0.2) is 63.7 Å². The maximum atomic E-state index is 8.78. The van der Waals surface area contributed by atoms with E-state index in [4.69, 9.17) is 14.6 Å². The minimum absolute atomic E-state index is 0.205. The lowest BCUT2D eigenvalue weighted by Gasteiger charge is -2.20. The number of methoxy groups -OCH3 is 2. The van der Waals surface area contributed by atoms with Crippen LogP contribution in [-0.2, 0) is 9.47 Å². The summed E-state index contributed by atoms with van der Waals surface area (Å²) in [5, 5.41) is 8.78. The van der Waals surface area contributed by atoms with Crippen LogP contribution in [0.3, 0.4) is 0 Å². The molecule has 0 amide bonds. The minimum Gasteiger partial charge on any atom is -0.395 e. The largest absolute Gasteiger partial charge is 0.395 e. The molecule has 0 aromatic heterocycles. The predicted molar refractivity (Wildman–Crippen MR) is 51.9 cm³/mol. The molecule has 0 saturated heterocycles. The molecule has 0 aromatic carbocycles. The second-order valence-corrected chi connectivity index (χ2v) is 2.90. The Bertz CT molecular complexity index is 101. The fourth-order valence-electron chi connectivity index (χ4n) is 1.13. The number of rotatable bonds is 9. The molecule has 0 heterocycles. The Hall–Kier alpha value is -0.160. The first kappa shape index (κ1) is 12.8. The Labute approximate surface area is 80.4 Å². The van der Waals surface area contributed by atoms with Crippen molar-refractivity contribution < 1.29 is 14.6 Å². The zero-order valence-electron chi connectivity index (χ0n) is 8.66. The summed E-state index contributed by atoms with van der Waals surface area (Å²) >= 11 is 0. The van der Waals surface area contributed by atoms with Gasteiger partial charge in [-0.1, -0.05) is 0 Å². The van der Waals surface area contributed by atoms with Gasteiger partial charge in [-0.3, -0.25) is 4.90 Å². The summed E-state index contributed by atoms with van der Waals surface area (Å²) in [7, 11) is 3.39. The van der Waals surface area contributed by atoms with Gasteiger partial charge in [-0.2, -0.15) is 0 Å². The summed E-state index contributed by atoms with van der Waals surface area (Å²) in [5.74, 6) is 0. The standard InChI is InChI=1S/C9H21NO3/c1-12-8-3-4-10(5-7-11)6-9-13-2/h11H,3-9H2,1-2H3. The molecular weight excluding hydrogens is 170 g/mol. The van der Waals surface area contributed by atoms with Gasteiger partial charge >= 0.3 is 0 Å².